The second-order valence-corrected chi connectivity index (χ2v) is 7.10. The van der Waals surface area contributed by atoms with Crippen LogP contribution in [-0.4, -0.2) is 30.7 Å². The third-order valence-electron chi connectivity index (χ3n) is 4.15. The predicted octanol–water partition coefficient (Wildman–Crippen LogP) is 2.62. The molecule has 130 valence electrons. The molecule has 0 bridgehead atoms. The number of fused-ring (bicyclic) bond motifs is 2. The van der Waals surface area contributed by atoms with Crippen LogP contribution in [0.1, 0.15) is 32.0 Å². The number of nitrogens with zero attached hydrogens (tertiary/aromatic N) is 6. The normalized spacial score (nSPS) is 12.4. The SMILES string of the molecule is CC(C)(C)c1nn2cnnc2n(/N=C\c2cccc3ccccc23)c1=O. The van der Waals surface area contributed by atoms with Gasteiger partial charge in [0.1, 0.15) is 12.0 Å². The molecule has 0 radical (unpaired) electrons. The lowest BCUT2D eigenvalue weighted by molar-refractivity contribution is 0.529. The molecular weight excluding hydrogens is 328 g/mol. The molecule has 0 fully saturated rings. The van der Waals surface area contributed by atoms with Crippen molar-refractivity contribution in [3.8, 4) is 0 Å². The highest BCUT2D eigenvalue weighted by Crippen LogP contribution is 2.18. The van der Waals surface area contributed by atoms with Crippen molar-refractivity contribution in [3.63, 3.8) is 0 Å². The third kappa shape index (κ3) is 2.67. The summed E-state index contributed by atoms with van der Waals surface area (Å²) in [5, 5.41) is 18.8. The summed E-state index contributed by atoms with van der Waals surface area (Å²) in [7, 11) is 0. The van der Waals surface area contributed by atoms with E-state index in [9.17, 15) is 4.79 Å². The maximum Gasteiger partial charge on any atom is 0.298 e. The summed E-state index contributed by atoms with van der Waals surface area (Å²) in [6.07, 6.45) is 3.14. The topological polar surface area (TPSA) is 77.4 Å². The van der Waals surface area contributed by atoms with Crippen molar-refractivity contribution in [2.24, 2.45) is 5.10 Å². The van der Waals surface area contributed by atoms with Crippen LogP contribution in [0, 0.1) is 0 Å². The van der Waals surface area contributed by atoms with Gasteiger partial charge >= 0.3 is 0 Å². The van der Waals surface area contributed by atoms with Gasteiger partial charge in [0, 0.05) is 11.0 Å². The summed E-state index contributed by atoms with van der Waals surface area (Å²) < 4.78 is 2.73. The van der Waals surface area contributed by atoms with Gasteiger partial charge in [-0.25, -0.2) is 0 Å². The Kier molecular flexibility index (Phi) is 3.64. The first-order chi connectivity index (χ1) is 12.4. The molecule has 26 heavy (non-hydrogen) atoms. The van der Waals surface area contributed by atoms with E-state index in [1.54, 1.807) is 6.21 Å². The molecule has 4 aromatic rings. The van der Waals surface area contributed by atoms with E-state index in [4.69, 9.17) is 0 Å². The lowest BCUT2D eigenvalue weighted by Crippen LogP contribution is -2.33. The summed E-state index contributed by atoms with van der Waals surface area (Å²) in [6, 6.07) is 14.0. The minimum atomic E-state index is -0.424. The second kappa shape index (κ2) is 5.87. The van der Waals surface area contributed by atoms with Crippen LogP contribution < -0.4 is 5.56 Å². The Morgan fingerprint density at radius 3 is 2.65 bits per heavy atom. The quantitative estimate of drug-likeness (QED) is 0.523. The van der Waals surface area contributed by atoms with Crippen molar-refractivity contribution in [1.82, 2.24) is 24.5 Å². The van der Waals surface area contributed by atoms with E-state index in [0.717, 1.165) is 16.3 Å². The molecule has 0 atom stereocenters. The fraction of sp³-hybridized carbons (Fsp3) is 0.211. The number of hydrogen-bond acceptors (Lipinski definition) is 5. The minimum absolute atomic E-state index is 0.277. The summed E-state index contributed by atoms with van der Waals surface area (Å²) >= 11 is 0. The number of rotatable bonds is 2. The lowest BCUT2D eigenvalue weighted by Gasteiger charge is -2.16. The van der Waals surface area contributed by atoms with Crippen molar-refractivity contribution >= 4 is 22.8 Å². The molecule has 0 amide bonds. The van der Waals surface area contributed by atoms with Crippen LogP contribution in [0.25, 0.3) is 16.6 Å². The van der Waals surface area contributed by atoms with Crippen LogP contribution in [0.4, 0.5) is 0 Å². The first-order valence-electron chi connectivity index (χ1n) is 8.31. The highest BCUT2D eigenvalue weighted by atomic mass is 16.1. The molecule has 0 N–H and O–H groups in total. The third-order valence-corrected chi connectivity index (χ3v) is 4.15. The van der Waals surface area contributed by atoms with Gasteiger partial charge in [-0.2, -0.15) is 19.4 Å². The molecule has 0 unspecified atom stereocenters. The Labute approximate surface area is 149 Å². The minimum Gasteiger partial charge on any atom is -0.265 e. The van der Waals surface area contributed by atoms with Crippen molar-refractivity contribution < 1.29 is 0 Å². The molecule has 2 heterocycles. The summed E-state index contributed by atoms with van der Waals surface area (Å²) in [4.78, 5) is 12.9. The fourth-order valence-corrected chi connectivity index (χ4v) is 2.83. The largest absolute Gasteiger partial charge is 0.298 e. The van der Waals surface area contributed by atoms with E-state index >= 15 is 0 Å². The maximum absolute atomic E-state index is 12.9. The number of benzene rings is 2. The van der Waals surface area contributed by atoms with Crippen LogP contribution in [0.3, 0.4) is 0 Å². The van der Waals surface area contributed by atoms with Gasteiger partial charge in [0.05, 0.1) is 6.21 Å². The van der Waals surface area contributed by atoms with E-state index < -0.39 is 5.41 Å². The number of aromatic nitrogens is 5. The highest BCUT2D eigenvalue weighted by Gasteiger charge is 2.23. The molecule has 2 aromatic heterocycles. The summed E-state index contributed by atoms with van der Waals surface area (Å²) in [6.45, 7) is 5.81. The van der Waals surface area contributed by atoms with Crippen molar-refractivity contribution in [3.05, 3.63) is 70.4 Å². The fourth-order valence-electron chi connectivity index (χ4n) is 2.83. The zero-order chi connectivity index (χ0) is 18.3. The Balaban J connectivity index is 1.92. The Morgan fingerprint density at radius 1 is 1.08 bits per heavy atom. The van der Waals surface area contributed by atoms with Gasteiger partial charge in [-0.15, -0.1) is 10.2 Å². The predicted molar refractivity (Wildman–Crippen MR) is 101 cm³/mol. The van der Waals surface area contributed by atoms with Crippen LogP contribution >= 0.6 is 0 Å². The molecule has 0 saturated carbocycles. The molecule has 2 aromatic carbocycles. The molecule has 0 aliphatic heterocycles. The molecular formula is C19H18N6O. The number of hydrogen-bond donors (Lipinski definition) is 0. The van der Waals surface area contributed by atoms with Gasteiger partial charge in [0.25, 0.3) is 11.3 Å². The van der Waals surface area contributed by atoms with E-state index in [2.05, 4.69) is 20.4 Å². The van der Waals surface area contributed by atoms with Gasteiger partial charge in [-0.05, 0) is 10.8 Å². The van der Waals surface area contributed by atoms with Crippen LogP contribution in [0.2, 0.25) is 0 Å². The standard InChI is InChI=1S/C19H18N6O/c1-19(2,3)16-17(26)25(18-22-20-12-24(18)23-16)21-11-14-9-6-8-13-7-4-5-10-15(13)14/h4-12H,1-3H3/b21-11-. The van der Waals surface area contributed by atoms with Crippen LogP contribution in [0.5, 0.6) is 0 Å². The van der Waals surface area contributed by atoms with Gasteiger partial charge in [-0.3, -0.25) is 4.79 Å². The van der Waals surface area contributed by atoms with E-state index in [1.807, 2.05) is 63.2 Å². The Morgan fingerprint density at radius 2 is 1.85 bits per heavy atom. The second-order valence-electron chi connectivity index (χ2n) is 7.10. The van der Waals surface area contributed by atoms with Crippen molar-refractivity contribution in [2.75, 3.05) is 0 Å². The van der Waals surface area contributed by atoms with Crippen molar-refractivity contribution in [2.45, 2.75) is 26.2 Å². The molecule has 0 aliphatic rings. The van der Waals surface area contributed by atoms with E-state index in [0.29, 0.717) is 5.69 Å². The van der Waals surface area contributed by atoms with Crippen LogP contribution in [-0.2, 0) is 5.41 Å². The summed E-state index contributed by atoms with van der Waals surface area (Å²) in [5.74, 6) is 0.277. The average Bonchev–Trinajstić information content (AvgIpc) is 3.08. The molecule has 4 rings (SSSR count). The highest BCUT2D eigenvalue weighted by molar-refractivity contribution is 5.99. The monoisotopic (exact) mass is 346 g/mol. The van der Waals surface area contributed by atoms with Gasteiger partial charge in [-0.1, -0.05) is 63.2 Å². The molecule has 0 spiro atoms. The molecule has 7 heteroatoms. The average molecular weight is 346 g/mol. The Bertz CT molecular complexity index is 1190. The molecule has 7 nitrogen and oxygen atoms in total. The van der Waals surface area contributed by atoms with E-state index in [-0.39, 0.29) is 11.3 Å². The summed E-state index contributed by atoms with van der Waals surface area (Å²) in [5.41, 5.74) is 0.600. The van der Waals surface area contributed by atoms with Gasteiger partial charge < -0.3 is 0 Å². The zero-order valence-corrected chi connectivity index (χ0v) is 14.8. The zero-order valence-electron chi connectivity index (χ0n) is 14.8. The first kappa shape index (κ1) is 16.1. The first-order valence-corrected chi connectivity index (χ1v) is 8.31. The smallest absolute Gasteiger partial charge is 0.265 e. The van der Waals surface area contributed by atoms with Gasteiger partial charge in [0.2, 0.25) is 0 Å². The Hall–Kier alpha value is -3.35. The van der Waals surface area contributed by atoms with Gasteiger partial charge in [0.15, 0.2) is 0 Å². The van der Waals surface area contributed by atoms with E-state index in [1.165, 1.54) is 15.5 Å². The van der Waals surface area contributed by atoms with Crippen molar-refractivity contribution in [1.29, 1.82) is 0 Å². The maximum atomic E-state index is 12.9. The lowest BCUT2D eigenvalue weighted by atomic mass is 9.93. The molecule has 0 aliphatic carbocycles. The van der Waals surface area contributed by atoms with Crippen LogP contribution in [0.15, 0.2) is 58.7 Å². The molecule has 0 saturated heterocycles.